The molecular formula is C18H26N2O3. The zero-order valence-corrected chi connectivity index (χ0v) is 14.3. The molecular weight excluding hydrogens is 292 g/mol. The van der Waals surface area contributed by atoms with Gasteiger partial charge in [-0.1, -0.05) is 30.3 Å². The number of rotatable bonds is 3. The number of hydrogen-bond acceptors (Lipinski definition) is 3. The fraction of sp³-hybridized carbons (Fsp3) is 0.556. The Balaban J connectivity index is 1.87. The van der Waals surface area contributed by atoms with Crippen LogP contribution in [0.4, 0.5) is 4.79 Å². The van der Waals surface area contributed by atoms with Gasteiger partial charge in [0.2, 0.25) is 5.91 Å². The maximum absolute atomic E-state index is 12.3. The SMILES string of the molecule is C[C@@H]1CC(C(=O)NCc2ccccc2)CN1C(=O)OC(C)(C)C. The summed E-state index contributed by atoms with van der Waals surface area (Å²) >= 11 is 0. The van der Waals surface area contributed by atoms with Crippen molar-refractivity contribution >= 4 is 12.0 Å². The van der Waals surface area contributed by atoms with Gasteiger partial charge in [-0.25, -0.2) is 4.79 Å². The van der Waals surface area contributed by atoms with Crippen LogP contribution < -0.4 is 5.32 Å². The van der Waals surface area contributed by atoms with E-state index in [1.807, 2.05) is 58.0 Å². The summed E-state index contributed by atoms with van der Waals surface area (Å²) in [6.45, 7) is 8.41. The van der Waals surface area contributed by atoms with Gasteiger partial charge in [0.05, 0.1) is 5.92 Å². The lowest BCUT2D eigenvalue weighted by atomic mass is 10.1. The molecule has 1 unspecified atom stereocenters. The molecule has 2 atom stereocenters. The van der Waals surface area contributed by atoms with E-state index in [9.17, 15) is 9.59 Å². The molecule has 5 nitrogen and oxygen atoms in total. The van der Waals surface area contributed by atoms with Crippen LogP contribution in [0, 0.1) is 5.92 Å². The molecule has 1 fully saturated rings. The first-order valence-corrected chi connectivity index (χ1v) is 8.07. The van der Waals surface area contributed by atoms with Crippen molar-refractivity contribution < 1.29 is 14.3 Å². The van der Waals surface area contributed by atoms with E-state index in [1.165, 1.54) is 0 Å². The van der Waals surface area contributed by atoms with E-state index in [-0.39, 0.29) is 24.0 Å². The summed E-state index contributed by atoms with van der Waals surface area (Å²) in [6.07, 6.45) is 0.322. The molecule has 1 aromatic carbocycles. The Morgan fingerprint density at radius 3 is 2.52 bits per heavy atom. The van der Waals surface area contributed by atoms with E-state index in [4.69, 9.17) is 4.74 Å². The lowest BCUT2D eigenvalue weighted by molar-refractivity contribution is -0.124. The fourth-order valence-electron chi connectivity index (χ4n) is 2.73. The van der Waals surface area contributed by atoms with Crippen LogP contribution >= 0.6 is 0 Å². The number of ether oxygens (including phenoxy) is 1. The van der Waals surface area contributed by atoms with Crippen LogP contribution in [0.15, 0.2) is 30.3 Å². The Labute approximate surface area is 138 Å². The highest BCUT2D eigenvalue weighted by molar-refractivity contribution is 5.80. The molecule has 5 heteroatoms. The van der Waals surface area contributed by atoms with Gasteiger partial charge < -0.3 is 15.0 Å². The van der Waals surface area contributed by atoms with Gasteiger partial charge in [0.25, 0.3) is 0 Å². The maximum Gasteiger partial charge on any atom is 0.410 e. The van der Waals surface area contributed by atoms with Crippen molar-refractivity contribution in [2.45, 2.75) is 52.3 Å². The number of nitrogens with one attached hydrogen (secondary N) is 1. The number of nitrogens with zero attached hydrogens (tertiary/aromatic N) is 1. The summed E-state index contributed by atoms with van der Waals surface area (Å²) in [7, 11) is 0. The summed E-state index contributed by atoms with van der Waals surface area (Å²) in [4.78, 5) is 26.2. The Bertz CT molecular complexity index is 551. The summed E-state index contributed by atoms with van der Waals surface area (Å²) in [5, 5.41) is 2.95. The number of benzene rings is 1. The smallest absolute Gasteiger partial charge is 0.410 e. The molecule has 1 aromatic rings. The second-order valence-electron chi connectivity index (χ2n) is 7.12. The van der Waals surface area contributed by atoms with Crippen LogP contribution in [0.2, 0.25) is 0 Å². The first kappa shape index (κ1) is 17.3. The second kappa shape index (κ2) is 7.02. The first-order valence-electron chi connectivity index (χ1n) is 8.07. The van der Waals surface area contributed by atoms with Crippen molar-refractivity contribution in [2.75, 3.05) is 6.54 Å². The maximum atomic E-state index is 12.3. The van der Waals surface area contributed by atoms with Crippen LogP contribution in [-0.4, -0.2) is 35.1 Å². The van der Waals surface area contributed by atoms with Gasteiger partial charge in [0.15, 0.2) is 0 Å². The molecule has 1 N–H and O–H groups in total. The molecule has 0 spiro atoms. The van der Waals surface area contributed by atoms with E-state index < -0.39 is 5.60 Å². The predicted molar refractivity (Wildman–Crippen MR) is 88.8 cm³/mol. The summed E-state index contributed by atoms with van der Waals surface area (Å²) in [5.41, 5.74) is 0.542. The third kappa shape index (κ3) is 4.98. The van der Waals surface area contributed by atoms with Crippen molar-refractivity contribution in [1.82, 2.24) is 10.2 Å². The Morgan fingerprint density at radius 1 is 1.26 bits per heavy atom. The highest BCUT2D eigenvalue weighted by Gasteiger charge is 2.38. The average molecular weight is 318 g/mol. The minimum absolute atomic E-state index is 0.00763. The molecule has 0 radical (unpaired) electrons. The van der Waals surface area contributed by atoms with Gasteiger partial charge in [0, 0.05) is 19.1 Å². The molecule has 126 valence electrons. The summed E-state index contributed by atoms with van der Waals surface area (Å²) < 4.78 is 5.40. The first-order chi connectivity index (χ1) is 10.8. The molecule has 2 rings (SSSR count). The highest BCUT2D eigenvalue weighted by atomic mass is 16.6. The van der Waals surface area contributed by atoms with Crippen LogP contribution in [0.25, 0.3) is 0 Å². The van der Waals surface area contributed by atoms with Gasteiger partial charge in [-0.3, -0.25) is 4.79 Å². The van der Waals surface area contributed by atoms with Crippen molar-refractivity contribution in [1.29, 1.82) is 0 Å². The normalized spacial score (nSPS) is 21.1. The van der Waals surface area contributed by atoms with Gasteiger partial charge in [-0.05, 0) is 39.7 Å². The quantitative estimate of drug-likeness (QED) is 0.932. The topological polar surface area (TPSA) is 58.6 Å². The van der Waals surface area contributed by atoms with E-state index in [0.29, 0.717) is 19.5 Å². The number of amides is 2. The van der Waals surface area contributed by atoms with Gasteiger partial charge in [0.1, 0.15) is 5.60 Å². The van der Waals surface area contributed by atoms with E-state index in [1.54, 1.807) is 4.90 Å². The lowest BCUT2D eigenvalue weighted by Gasteiger charge is -2.26. The molecule has 0 bridgehead atoms. The third-order valence-electron chi connectivity index (χ3n) is 3.88. The van der Waals surface area contributed by atoms with Crippen molar-refractivity contribution in [3.8, 4) is 0 Å². The van der Waals surface area contributed by atoms with Crippen LogP contribution in [-0.2, 0) is 16.1 Å². The van der Waals surface area contributed by atoms with Gasteiger partial charge in [-0.15, -0.1) is 0 Å². The van der Waals surface area contributed by atoms with E-state index in [0.717, 1.165) is 5.56 Å². The molecule has 1 heterocycles. The van der Waals surface area contributed by atoms with Gasteiger partial charge in [-0.2, -0.15) is 0 Å². The molecule has 1 saturated heterocycles. The Hall–Kier alpha value is -2.04. The molecule has 0 aromatic heterocycles. The minimum atomic E-state index is -0.523. The molecule has 1 aliphatic heterocycles. The standard InChI is InChI=1S/C18H26N2O3/c1-13-10-15(12-20(13)17(22)23-18(2,3)4)16(21)19-11-14-8-6-5-7-9-14/h5-9,13,15H,10-12H2,1-4H3,(H,19,21)/t13-,15?/m1/s1. The monoisotopic (exact) mass is 318 g/mol. The largest absolute Gasteiger partial charge is 0.444 e. The molecule has 2 amide bonds. The Morgan fingerprint density at radius 2 is 1.91 bits per heavy atom. The van der Waals surface area contributed by atoms with Gasteiger partial charge >= 0.3 is 6.09 Å². The minimum Gasteiger partial charge on any atom is -0.444 e. The zero-order chi connectivity index (χ0) is 17.0. The zero-order valence-electron chi connectivity index (χ0n) is 14.3. The van der Waals surface area contributed by atoms with E-state index in [2.05, 4.69) is 5.32 Å². The average Bonchev–Trinajstić information content (AvgIpc) is 2.86. The van der Waals surface area contributed by atoms with Crippen molar-refractivity contribution in [2.24, 2.45) is 5.92 Å². The van der Waals surface area contributed by atoms with Crippen LogP contribution in [0.1, 0.15) is 39.7 Å². The number of hydrogen-bond donors (Lipinski definition) is 1. The van der Waals surface area contributed by atoms with Crippen molar-refractivity contribution in [3.63, 3.8) is 0 Å². The second-order valence-corrected chi connectivity index (χ2v) is 7.12. The van der Waals surface area contributed by atoms with Crippen molar-refractivity contribution in [3.05, 3.63) is 35.9 Å². The summed E-state index contributed by atoms with van der Waals surface area (Å²) in [5.74, 6) is -0.187. The number of carbonyl (C=O) groups is 2. The number of likely N-dealkylation sites (tertiary alicyclic amines) is 1. The molecule has 1 aliphatic rings. The molecule has 0 saturated carbocycles. The molecule has 23 heavy (non-hydrogen) atoms. The fourth-order valence-corrected chi connectivity index (χ4v) is 2.73. The Kier molecular flexibility index (Phi) is 5.29. The van der Waals surface area contributed by atoms with Crippen LogP contribution in [0.5, 0.6) is 0 Å². The number of carbonyl (C=O) groups excluding carboxylic acids is 2. The van der Waals surface area contributed by atoms with E-state index >= 15 is 0 Å². The molecule has 0 aliphatic carbocycles. The lowest BCUT2D eigenvalue weighted by Crippen LogP contribution is -2.39. The van der Waals surface area contributed by atoms with Crippen LogP contribution in [0.3, 0.4) is 0 Å². The predicted octanol–water partition coefficient (Wildman–Crippen LogP) is 2.95. The highest BCUT2D eigenvalue weighted by Crippen LogP contribution is 2.25. The third-order valence-corrected chi connectivity index (χ3v) is 3.88. The summed E-state index contributed by atoms with van der Waals surface area (Å²) in [6, 6.07) is 9.81.